The summed E-state index contributed by atoms with van der Waals surface area (Å²) in [6, 6.07) is 5.55. The van der Waals surface area contributed by atoms with Crippen LogP contribution in [0.25, 0.3) is 0 Å². The first-order valence-electron chi connectivity index (χ1n) is 9.02. The first kappa shape index (κ1) is 17.0. The zero-order valence-corrected chi connectivity index (χ0v) is 14.2. The zero-order valence-electron chi connectivity index (χ0n) is 14.2. The van der Waals surface area contributed by atoms with E-state index in [0.29, 0.717) is 6.04 Å². The number of aliphatic hydroxyl groups is 1. The molecule has 3 aliphatic rings. The molecule has 4 rings (SSSR count). The molecule has 3 aliphatic heterocycles. The second-order valence-electron chi connectivity index (χ2n) is 7.25. The Bertz CT molecular complexity index is 620. The van der Waals surface area contributed by atoms with Gasteiger partial charge in [0.15, 0.2) is 11.5 Å². The van der Waals surface area contributed by atoms with Gasteiger partial charge in [-0.05, 0) is 63.0 Å². The number of aliphatic hydroxyl groups excluding tert-OH is 1. The van der Waals surface area contributed by atoms with Crippen LogP contribution >= 0.6 is 0 Å². The van der Waals surface area contributed by atoms with Crippen molar-refractivity contribution in [3.8, 4) is 11.5 Å². The summed E-state index contributed by atoms with van der Waals surface area (Å²) in [4.78, 5) is 4.76. The highest BCUT2D eigenvalue weighted by molar-refractivity contribution is 5.45. The third-order valence-electron chi connectivity index (χ3n) is 5.37. The summed E-state index contributed by atoms with van der Waals surface area (Å²) in [5.41, 5.74) is 0.951. The number of benzene rings is 1. The zero-order chi connectivity index (χ0) is 17.4. The van der Waals surface area contributed by atoms with Crippen molar-refractivity contribution < 1.29 is 23.4 Å². The predicted molar refractivity (Wildman–Crippen MR) is 87.8 cm³/mol. The number of ether oxygens (including phenoxy) is 2. The minimum atomic E-state index is -3.56. The second-order valence-corrected chi connectivity index (χ2v) is 7.25. The molecule has 0 spiro atoms. The van der Waals surface area contributed by atoms with E-state index in [2.05, 4.69) is 19.3 Å². The number of hydrogen-bond acceptors (Lipinski definition) is 5. The van der Waals surface area contributed by atoms with E-state index < -0.39 is 6.29 Å². The van der Waals surface area contributed by atoms with Gasteiger partial charge in [0.1, 0.15) is 0 Å². The van der Waals surface area contributed by atoms with Gasteiger partial charge >= 0.3 is 6.29 Å². The maximum Gasteiger partial charge on any atom is 0.586 e. The molecule has 138 valence electrons. The molecule has 0 bridgehead atoms. The Balaban J connectivity index is 1.31. The summed E-state index contributed by atoms with van der Waals surface area (Å²) in [5, 5.41) is 9.84. The molecule has 2 saturated heterocycles. The summed E-state index contributed by atoms with van der Waals surface area (Å²) in [6.07, 6.45) is 0.406. The number of rotatable bonds is 3. The molecule has 7 heteroatoms. The van der Waals surface area contributed by atoms with E-state index in [-0.39, 0.29) is 17.6 Å². The quantitative estimate of drug-likeness (QED) is 0.903. The van der Waals surface area contributed by atoms with Crippen molar-refractivity contribution in [3.63, 3.8) is 0 Å². The lowest BCUT2D eigenvalue weighted by Gasteiger charge is -2.41. The SMILES string of the molecule is OC1CCCN(C2CCN(Cc3ccc4c(c3)OC(F)(F)O4)CC2)C1. The Morgan fingerprint density at radius 3 is 2.60 bits per heavy atom. The highest BCUT2D eigenvalue weighted by Gasteiger charge is 2.43. The fourth-order valence-corrected chi connectivity index (χ4v) is 4.11. The van der Waals surface area contributed by atoms with Gasteiger partial charge in [-0.3, -0.25) is 9.80 Å². The maximum absolute atomic E-state index is 13.1. The van der Waals surface area contributed by atoms with Gasteiger partial charge in [0.25, 0.3) is 0 Å². The fourth-order valence-electron chi connectivity index (χ4n) is 4.11. The van der Waals surface area contributed by atoms with Gasteiger partial charge in [-0.2, -0.15) is 0 Å². The molecule has 1 unspecified atom stereocenters. The molecule has 0 aliphatic carbocycles. The Kier molecular flexibility index (Phi) is 4.56. The van der Waals surface area contributed by atoms with Crippen LogP contribution in [0.15, 0.2) is 18.2 Å². The molecular weight excluding hydrogens is 330 g/mol. The maximum atomic E-state index is 13.1. The summed E-state index contributed by atoms with van der Waals surface area (Å²) in [6.45, 7) is 4.54. The molecule has 1 aromatic carbocycles. The first-order chi connectivity index (χ1) is 12.0. The summed E-state index contributed by atoms with van der Waals surface area (Å²) in [7, 11) is 0. The van der Waals surface area contributed by atoms with Crippen molar-refractivity contribution in [3.05, 3.63) is 23.8 Å². The molecule has 5 nitrogen and oxygen atoms in total. The van der Waals surface area contributed by atoms with E-state index in [9.17, 15) is 13.9 Å². The molecule has 0 saturated carbocycles. The minimum absolute atomic E-state index is 0.0936. The van der Waals surface area contributed by atoms with Crippen molar-refractivity contribution in [2.75, 3.05) is 26.2 Å². The van der Waals surface area contributed by atoms with Crippen LogP contribution in [-0.2, 0) is 6.54 Å². The van der Waals surface area contributed by atoms with E-state index >= 15 is 0 Å². The van der Waals surface area contributed by atoms with E-state index in [4.69, 9.17) is 0 Å². The van der Waals surface area contributed by atoms with Gasteiger partial charge in [0.05, 0.1) is 6.10 Å². The molecule has 1 atom stereocenters. The highest BCUT2D eigenvalue weighted by atomic mass is 19.3. The van der Waals surface area contributed by atoms with E-state index in [1.54, 1.807) is 12.1 Å². The number of hydrogen-bond donors (Lipinski definition) is 1. The second kappa shape index (κ2) is 6.70. The van der Waals surface area contributed by atoms with Crippen LogP contribution in [0.1, 0.15) is 31.2 Å². The first-order valence-corrected chi connectivity index (χ1v) is 9.02. The van der Waals surface area contributed by atoms with E-state index in [1.165, 1.54) is 0 Å². The van der Waals surface area contributed by atoms with Gasteiger partial charge in [-0.15, -0.1) is 8.78 Å². The molecule has 0 amide bonds. The lowest BCUT2D eigenvalue weighted by molar-refractivity contribution is -0.286. The van der Waals surface area contributed by atoms with Crippen molar-refractivity contribution in [1.29, 1.82) is 0 Å². The average molecular weight is 354 g/mol. The number of piperidine rings is 2. The minimum Gasteiger partial charge on any atom is -0.395 e. The van der Waals surface area contributed by atoms with Gasteiger partial charge in [0.2, 0.25) is 0 Å². The van der Waals surface area contributed by atoms with Crippen LogP contribution in [0.3, 0.4) is 0 Å². The topological polar surface area (TPSA) is 45.2 Å². The highest BCUT2D eigenvalue weighted by Crippen LogP contribution is 2.41. The van der Waals surface area contributed by atoms with Gasteiger partial charge in [-0.1, -0.05) is 6.07 Å². The van der Waals surface area contributed by atoms with Gasteiger partial charge < -0.3 is 14.6 Å². The average Bonchev–Trinajstić information content (AvgIpc) is 2.89. The smallest absolute Gasteiger partial charge is 0.395 e. The molecule has 0 radical (unpaired) electrons. The molecule has 25 heavy (non-hydrogen) atoms. The molecule has 0 aromatic heterocycles. The van der Waals surface area contributed by atoms with Crippen LogP contribution in [0.2, 0.25) is 0 Å². The summed E-state index contributed by atoms with van der Waals surface area (Å²) >= 11 is 0. The number of fused-ring (bicyclic) bond motifs is 1. The lowest BCUT2D eigenvalue weighted by Crippen LogP contribution is -2.49. The van der Waals surface area contributed by atoms with Crippen molar-refractivity contribution >= 4 is 0 Å². The molecule has 1 aromatic rings. The molecule has 2 fully saturated rings. The van der Waals surface area contributed by atoms with Crippen LogP contribution in [0, 0.1) is 0 Å². The largest absolute Gasteiger partial charge is 0.586 e. The fraction of sp³-hybridized carbons (Fsp3) is 0.667. The Hall–Kier alpha value is -1.44. The van der Waals surface area contributed by atoms with Gasteiger partial charge in [-0.25, -0.2) is 0 Å². The lowest BCUT2D eigenvalue weighted by atomic mass is 9.98. The standard InChI is InChI=1S/C18H24F2N2O3/c19-18(20)24-16-4-3-13(10-17(16)25-18)11-21-8-5-14(6-9-21)22-7-1-2-15(23)12-22/h3-4,10,14-15,23H,1-2,5-9,11-12H2. The number of likely N-dealkylation sites (tertiary alicyclic amines) is 2. The number of alkyl halides is 2. The van der Waals surface area contributed by atoms with Crippen LogP contribution in [0.4, 0.5) is 8.78 Å². The number of nitrogens with zero attached hydrogens (tertiary/aromatic N) is 2. The van der Waals surface area contributed by atoms with Crippen molar-refractivity contribution in [2.45, 2.75) is 50.7 Å². The Morgan fingerprint density at radius 2 is 1.84 bits per heavy atom. The van der Waals surface area contributed by atoms with Crippen LogP contribution in [-0.4, -0.2) is 59.5 Å². The predicted octanol–water partition coefficient (Wildman–Crippen LogP) is 2.43. The Labute approximate surface area is 146 Å². The number of β-amino-alcohol motifs (C(OH)–C–C–N with tert-alkyl or cyclic N) is 1. The molecular formula is C18H24F2N2O3. The van der Waals surface area contributed by atoms with Crippen LogP contribution in [0.5, 0.6) is 11.5 Å². The third kappa shape index (κ3) is 3.88. The van der Waals surface area contributed by atoms with Gasteiger partial charge in [0, 0.05) is 19.1 Å². The summed E-state index contributed by atoms with van der Waals surface area (Å²) < 4.78 is 35.2. The molecule has 1 N–H and O–H groups in total. The van der Waals surface area contributed by atoms with Crippen LogP contribution < -0.4 is 9.47 Å². The monoisotopic (exact) mass is 354 g/mol. The Morgan fingerprint density at radius 1 is 1.08 bits per heavy atom. The third-order valence-corrected chi connectivity index (χ3v) is 5.37. The van der Waals surface area contributed by atoms with E-state index in [1.807, 2.05) is 6.07 Å². The van der Waals surface area contributed by atoms with E-state index in [0.717, 1.165) is 64.0 Å². The number of halogens is 2. The normalized spacial score (nSPS) is 27.6. The molecule has 3 heterocycles. The summed E-state index contributed by atoms with van der Waals surface area (Å²) in [5.74, 6) is 0.204. The van der Waals surface area contributed by atoms with Crippen molar-refractivity contribution in [2.24, 2.45) is 0 Å². The van der Waals surface area contributed by atoms with Crippen molar-refractivity contribution in [1.82, 2.24) is 9.80 Å².